The van der Waals surface area contributed by atoms with Gasteiger partial charge in [0, 0.05) is 43.1 Å². The van der Waals surface area contributed by atoms with Crippen LogP contribution in [0.15, 0.2) is 43.0 Å². The lowest BCUT2D eigenvalue weighted by Gasteiger charge is -2.44. The minimum absolute atomic E-state index is 0.168. The second kappa shape index (κ2) is 6.34. The van der Waals surface area contributed by atoms with E-state index in [0.717, 1.165) is 49.1 Å². The highest BCUT2D eigenvalue weighted by Gasteiger charge is 2.43. The molecule has 4 rings (SSSR count). The van der Waals surface area contributed by atoms with E-state index in [2.05, 4.69) is 23.6 Å². The second-order valence-electron chi connectivity index (χ2n) is 7.50. The number of benzene rings is 1. The molecule has 0 N–H and O–H groups in total. The number of likely N-dealkylation sites (tertiary alicyclic amines) is 2. The van der Waals surface area contributed by atoms with E-state index in [1.807, 2.05) is 40.8 Å². The quantitative estimate of drug-likeness (QED) is 0.803. The average Bonchev–Trinajstić information content (AvgIpc) is 3.18. The summed E-state index contributed by atoms with van der Waals surface area (Å²) >= 11 is 0. The number of carbonyl (C=O) groups excluding carboxylic acids is 1. The summed E-state index contributed by atoms with van der Waals surface area (Å²) in [5.74, 6) is 0.168. The largest absolute Gasteiger partial charge is 0.340 e. The van der Waals surface area contributed by atoms with Crippen molar-refractivity contribution in [2.75, 3.05) is 26.2 Å². The summed E-state index contributed by atoms with van der Waals surface area (Å²) < 4.78 is 2.03. The van der Waals surface area contributed by atoms with Crippen LogP contribution in [0.3, 0.4) is 0 Å². The Balaban J connectivity index is 1.51. The molecule has 3 heterocycles. The Morgan fingerprint density at radius 3 is 2.68 bits per heavy atom. The van der Waals surface area contributed by atoms with Crippen LogP contribution >= 0.6 is 0 Å². The van der Waals surface area contributed by atoms with Gasteiger partial charge in [0.25, 0.3) is 5.91 Å². The molecular formula is C21H27N3O. The van der Waals surface area contributed by atoms with Gasteiger partial charge in [0.05, 0.1) is 0 Å². The van der Waals surface area contributed by atoms with Gasteiger partial charge in [0.1, 0.15) is 5.69 Å². The molecule has 2 aliphatic rings. The molecule has 132 valence electrons. The fourth-order valence-corrected chi connectivity index (χ4v) is 4.78. The van der Waals surface area contributed by atoms with Gasteiger partial charge < -0.3 is 9.47 Å². The molecule has 1 spiro atoms. The molecule has 1 amide bonds. The highest BCUT2D eigenvalue weighted by molar-refractivity contribution is 5.98. The summed E-state index contributed by atoms with van der Waals surface area (Å²) in [6.45, 7) is 7.76. The van der Waals surface area contributed by atoms with E-state index in [1.54, 1.807) is 0 Å². The number of hydrogen-bond acceptors (Lipinski definition) is 2. The standard InChI is InChI=1S/C21H27N3O/c1-3-12-24-13-6-9-21(24)10-14-23(15-11-21)20(25)19-16-17-7-4-5-8-18(17)22(19)2/h3-5,7-8,16H,1,6,9-15H2,2H3. The van der Waals surface area contributed by atoms with Crippen molar-refractivity contribution in [2.24, 2.45) is 7.05 Å². The maximum atomic E-state index is 13.1. The van der Waals surface area contributed by atoms with Crippen LogP contribution in [-0.2, 0) is 7.05 Å². The van der Waals surface area contributed by atoms with Gasteiger partial charge in [-0.25, -0.2) is 0 Å². The number of aromatic nitrogens is 1. The van der Waals surface area contributed by atoms with Crippen LogP contribution in [0.2, 0.25) is 0 Å². The molecule has 0 radical (unpaired) electrons. The van der Waals surface area contributed by atoms with Crippen molar-refractivity contribution in [1.82, 2.24) is 14.4 Å². The van der Waals surface area contributed by atoms with E-state index in [0.29, 0.717) is 5.54 Å². The molecule has 1 aromatic heterocycles. The van der Waals surface area contributed by atoms with Crippen LogP contribution < -0.4 is 0 Å². The zero-order valence-corrected chi connectivity index (χ0v) is 15.1. The van der Waals surface area contributed by atoms with Gasteiger partial charge in [-0.1, -0.05) is 24.3 Å². The molecule has 2 aromatic rings. The molecule has 2 fully saturated rings. The average molecular weight is 337 g/mol. The van der Waals surface area contributed by atoms with Crippen LogP contribution in [0, 0.1) is 0 Å². The third kappa shape index (κ3) is 2.69. The van der Waals surface area contributed by atoms with Gasteiger partial charge in [0.15, 0.2) is 0 Å². The number of nitrogens with zero attached hydrogens (tertiary/aromatic N) is 3. The maximum absolute atomic E-state index is 13.1. The number of amides is 1. The lowest BCUT2D eigenvalue weighted by atomic mass is 9.85. The number of hydrogen-bond donors (Lipinski definition) is 0. The van der Waals surface area contributed by atoms with Crippen LogP contribution in [0.25, 0.3) is 10.9 Å². The number of carbonyl (C=O) groups is 1. The SMILES string of the molecule is C=CCN1CCCC12CCN(C(=O)c1cc3ccccc3n1C)CC2. The minimum atomic E-state index is 0.168. The van der Waals surface area contributed by atoms with Crippen molar-refractivity contribution in [3.8, 4) is 0 Å². The summed E-state index contributed by atoms with van der Waals surface area (Å²) in [7, 11) is 1.99. The molecule has 25 heavy (non-hydrogen) atoms. The zero-order chi connectivity index (χ0) is 17.4. The summed E-state index contributed by atoms with van der Waals surface area (Å²) in [6.07, 6.45) is 6.70. The van der Waals surface area contributed by atoms with Crippen molar-refractivity contribution in [1.29, 1.82) is 0 Å². The first-order valence-corrected chi connectivity index (χ1v) is 9.34. The van der Waals surface area contributed by atoms with Crippen molar-refractivity contribution in [3.63, 3.8) is 0 Å². The first kappa shape index (κ1) is 16.4. The topological polar surface area (TPSA) is 28.5 Å². The Kier molecular flexibility index (Phi) is 4.16. The summed E-state index contributed by atoms with van der Waals surface area (Å²) in [4.78, 5) is 17.7. The Labute approximate surface area is 149 Å². The third-order valence-electron chi connectivity index (χ3n) is 6.24. The molecule has 0 bridgehead atoms. The smallest absolute Gasteiger partial charge is 0.270 e. The lowest BCUT2D eigenvalue weighted by molar-refractivity contribution is 0.0445. The molecule has 1 aromatic carbocycles. The molecule has 0 saturated carbocycles. The predicted molar refractivity (Wildman–Crippen MR) is 102 cm³/mol. The van der Waals surface area contributed by atoms with Gasteiger partial charge in [-0.3, -0.25) is 9.69 Å². The maximum Gasteiger partial charge on any atom is 0.270 e. The number of aryl methyl sites for hydroxylation is 1. The predicted octanol–water partition coefficient (Wildman–Crippen LogP) is 3.43. The van der Waals surface area contributed by atoms with Gasteiger partial charge in [-0.05, 0) is 44.4 Å². The Morgan fingerprint density at radius 1 is 1.20 bits per heavy atom. The fraction of sp³-hybridized carbons (Fsp3) is 0.476. The summed E-state index contributed by atoms with van der Waals surface area (Å²) in [5, 5.41) is 1.13. The Bertz CT molecular complexity index is 799. The van der Waals surface area contributed by atoms with E-state index in [1.165, 1.54) is 19.4 Å². The van der Waals surface area contributed by atoms with Crippen molar-refractivity contribution >= 4 is 16.8 Å². The number of rotatable bonds is 3. The first-order valence-electron chi connectivity index (χ1n) is 9.34. The molecule has 2 saturated heterocycles. The van der Waals surface area contributed by atoms with Crippen molar-refractivity contribution in [3.05, 3.63) is 48.7 Å². The van der Waals surface area contributed by atoms with Crippen molar-refractivity contribution < 1.29 is 4.79 Å². The molecular weight excluding hydrogens is 310 g/mol. The highest BCUT2D eigenvalue weighted by Crippen LogP contribution is 2.38. The number of fused-ring (bicyclic) bond motifs is 1. The van der Waals surface area contributed by atoms with Gasteiger partial charge in [-0.2, -0.15) is 0 Å². The fourth-order valence-electron chi connectivity index (χ4n) is 4.78. The molecule has 0 aliphatic carbocycles. The number of piperidine rings is 1. The number of para-hydroxylation sites is 1. The Morgan fingerprint density at radius 2 is 1.96 bits per heavy atom. The molecule has 0 unspecified atom stereocenters. The normalized spacial score (nSPS) is 20.4. The van der Waals surface area contributed by atoms with Crippen LogP contribution in [0.4, 0.5) is 0 Å². The van der Waals surface area contributed by atoms with E-state index in [4.69, 9.17) is 0 Å². The summed E-state index contributed by atoms with van der Waals surface area (Å²) in [6, 6.07) is 10.2. The van der Waals surface area contributed by atoms with Gasteiger partial charge in [0.2, 0.25) is 0 Å². The molecule has 4 heteroatoms. The third-order valence-corrected chi connectivity index (χ3v) is 6.24. The van der Waals surface area contributed by atoms with E-state index >= 15 is 0 Å². The highest BCUT2D eigenvalue weighted by atomic mass is 16.2. The summed E-state index contributed by atoms with van der Waals surface area (Å²) in [5.41, 5.74) is 2.21. The second-order valence-corrected chi connectivity index (χ2v) is 7.50. The van der Waals surface area contributed by atoms with Crippen LogP contribution in [0.1, 0.15) is 36.2 Å². The molecule has 4 nitrogen and oxygen atoms in total. The van der Waals surface area contributed by atoms with E-state index in [-0.39, 0.29) is 5.91 Å². The van der Waals surface area contributed by atoms with Gasteiger partial charge in [-0.15, -0.1) is 6.58 Å². The monoisotopic (exact) mass is 337 g/mol. The minimum Gasteiger partial charge on any atom is -0.340 e. The van der Waals surface area contributed by atoms with Crippen LogP contribution in [-0.4, -0.2) is 52.0 Å². The molecule has 0 atom stereocenters. The molecule has 2 aliphatic heterocycles. The van der Waals surface area contributed by atoms with Gasteiger partial charge >= 0.3 is 0 Å². The van der Waals surface area contributed by atoms with Crippen LogP contribution in [0.5, 0.6) is 0 Å². The van der Waals surface area contributed by atoms with E-state index in [9.17, 15) is 4.79 Å². The Hall–Kier alpha value is -2.07. The zero-order valence-electron chi connectivity index (χ0n) is 15.1. The lowest BCUT2D eigenvalue weighted by Crippen LogP contribution is -2.53. The van der Waals surface area contributed by atoms with E-state index < -0.39 is 0 Å². The first-order chi connectivity index (χ1) is 12.1. The van der Waals surface area contributed by atoms with Crippen molar-refractivity contribution in [2.45, 2.75) is 31.2 Å².